The summed E-state index contributed by atoms with van der Waals surface area (Å²) in [6.45, 7) is 44.6. The van der Waals surface area contributed by atoms with Crippen molar-refractivity contribution in [1.82, 2.24) is 16.8 Å². The van der Waals surface area contributed by atoms with Crippen LogP contribution in [0, 0.1) is 0 Å². The molecule has 3 radical (unpaired) electrons. The Labute approximate surface area is 903 Å². The molecule has 0 aromatic heterocycles. The summed E-state index contributed by atoms with van der Waals surface area (Å²) < 4.78 is 42.7. The SMILES string of the molecule is C1CCOC1.C1CCOC1.CC(C)(C)OC(=O)NCCCc1cccc(Br)c1.CC(C)(C)OC(=O)OC(=O)OC(C)(C)C.CCC/C=C(\CCCC)c1cccc(CCCN)c1.CCCCC(=O)CCCC.CCCCC(O)(CCCC)c1cccc(CCCNC(=O)OC(C)(C)C)c1.CCOC(C)=O.Cl.N.NC(=O)CCc1cccc(Br)c1.NCCCc1cccc(Br)c1.O=C(O)CCc1cccc(Br)c1.[B]. The summed E-state index contributed by atoms with van der Waals surface area (Å²) in [5, 5.41) is 25.2. The number of halogens is 5. The van der Waals surface area contributed by atoms with Gasteiger partial charge in [0.1, 0.15) is 28.2 Å². The average Bonchev–Trinajstić information content (AvgIpc) is 1.06. The molecule has 2 aliphatic rings. The lowest BCUT2D eigenvalue weighted by Crippen LogP contribution is -2.33. The summed E-state index contributed by atoms with van der Waals surface area (Å²) in [5.74, 6) is -0.772. The Kier molecular flexibility index (Phi) is 92.7. The fourth-order valence-corrected chi connectivity index (χ4v) is 14.3. The van der Waals surface area contributed by atoms with E-state index in [-0.39, 0.29) is 57.5 Å². The zero-order valence-corrected chi connectivity index (χ0v) is 97.7. The van der Waals surface area contributed by atoms with Gasteiger partial charge in [-0.1, -0.05) is 260 Å². The Balaban J connectivity index is -0.000000371. The smallest absolute Gasteiger partial charge is 0.481 e. The second kappa shape index (κ2) is 90.7. The van der Waals surface area contributed by atoms with Gasteiger partial charge < -0.3 is 82.1 Å². The van der Waals surface area contributed by atoms with Crippen LogP contribution in [0.15, 0.2) is 170 Å². The molecule has 13 N–H and O–H groups in total. The molecule has 0 atom stereocenters. The third-order valence-corrected chi connectivity index (χ3v) is 21.5. The zero-order chi connectivity index (χ0) is 106. The molecule has 2 fully saturated rings. The molecule has 0 aliphatic carbocycles. The van der Waals surface area contributed by atoms with Gasteiger partial charge in [0.05, 0.1) is 12.2 Å². The van der Waals surface area contributed by atoms with Gasteiger partial charge in [0.15, 0.2) is 0 Å². The molecule has 0 bridgehead atoms. The van der Waals surface area contributed by atoms with Crippen LogP contribution in [0.4, 0.5) is 19.2 Å². The molecular formula is C113H183BBr4ClN6O18. The van der Waals surface area contributed by atoms with Crippen molar-refractivity contribution in [2.45, 2.75) is 378 Å². The molecule has 6 aromatic carbocycles. The Morgan fingerprint density at radius 3 is 1.05 bits per heavy atom. The minimum atomic E-state index is -1.06. The van der Waals surface area contributed by atoms with Crippen LogP contribution >= 0.6 is 76.1 Å². The van der Waals surface area contributed by atoms with Crippen molar-refractivity contribution in [2.75, 3.05) is 59.2 Å². The molecule has 3 amide bonds. The number of nitrogens with one attached hydrogen (secondary N) is 2. The highest BCUT2D eigenvalue weighted by atomic mass is 79.9. The zero-order valence-electron chi connectivity index (χ0n) is 90.5. The number of carboxylic acid groups (broad SMARTS) is 1. The summed E-state index contributed by atoms with van der Waals surface area (Å²) in [5.41, 5.74) is 24.4. The van der Waals surface area contributed by atoms with E-state index in [9.17, 15) is 43.5 Å². The number of hydrogen-bond donors (Lipinski definition) is 8. The summed E-state index contributed by atoms with van der Waals surface area (Å²) >= 11 is 13.5. The van der Waals surface area contributed by atoms with Crippen LogP contribution in [0.25, 0.3) is 5.57 Å². The van der Waals surface area contributed by atoms with Crippen LogP contribution < -0.4 is 34.0 Å². The summed E-state index contributed by atoms with van der Waals surface area (Å²) in [4.78, 5) is 86.6. The molecule has 6 aromatic rings. The van der Waals surface area contributed by atoms with Crippen molar-refractivity contribution in [3.05, 3.63) is 214 Å². The molecule has 0 spiro atoms. The van der Waals surface area contributed by atoms with Crippen LogP contribution in [0.2, 0.25) is 0 Å². The van der Waals surface area contributed by atoms with Crippen molar-refractivity contribution in [3.8, 4) is 0 Å². The minimum Gasteiger partial charge on any atom is -0.481 e. The number of aliphatic hydroxyl groups is 1. The largest absolute Gasteiger partial charge is 0.519 e. The van der Waals surface area contributed by atoms with Crippen LogP contribution in [-0.2, 0) is 101 Å². The van der Waals surface area contributed by atoms with Crippen molar-refractivity contribution in [1.29, 1.82) is 0 Å². The lowest BCUT2D eigenvalue weighted by molar-refractivity contribution is -0.140. The number of allylic oxidation sites excluding steroid dienone is 2. The fraction of sp³-hybridized carbons (Fsp3) is 0.593. The molecule has 143 heavy (non-hydrogen) atoms. The first-order valence-electron chi connectivity index (χ1n) is 50.5. The predicted molar refractivity (Wildman–Crippen MR) is 606 cm³/mol. The average molecular weight is 2280 g/mol. The number of esters is 1. The van der Waals surface area contributed by atoms with E-state index < -0.39 is 46.3 Å². The lowest BCUT2D eigenvalue weighted by Gasteiger charge is -2.29. The summed E-state index contributed by atoms with van der Waals surface area (Å²) in [7, 11) is 0. The van der Waals surface area contributed by atoms with Gasteiger partial charge in [0.2, 0.25) is 5.91 Å². The molecule has 0 unspecified atom stereocenters. The van der Waals surface area contributed by atoms with Gasteiger partial charge in [-0.25, -0.2) is 19.2 Å². The molecule has 2 heterocycles. The van der Waals surface area contributed by atoms with Gasteiger partial charge in [0, 0.05) is 98.4 Å². The quantitative estimate of drug-likeness (QED) is 0.00582. The number of carboxylic acids is 1. The van der Waals surface area contributed by atoms with E-state index in [1.165, 1.54) is 98.1 Å². The van der Waals surface area contributed by atoms with Gasteiger partial charge >= 0.3 is 36.4 Å². The number of aryl methyl sites for hydroxylation is 6. The first-order chi connectivity index (χ1) is 66.1. The lowest BCUT2D eigenvalue weighted by atomic mass is 9.83. The van der Waals surface area contributed by atoms with Gasteiger partial charge in [-0.05, 0) is 337 Å². The topological polar surface area (TPSA) is 388 Å². The molecule has 0 saturated carbocycles. The number of carbonyl (C=O) groups is 8. The normalized spacial score (nSPS) is 11.6. The van der Waals surface area contributed by atoms with E-state index in [2.05, 4.69) is 198 Å². The Morgan fingerprint density at radius 2 is 0.748 bits per heavy atom. The molecule has 8 rings (SSSR count). The maximum absolute atomic E-state index is 11.7. The number of ketones is 1. The molecule has 811 valence electrons. The number of amides is 3. The number of Topliss-reactive ketones (excluding diaryl/α,β-unsaturated/α-hetero) is 1. The molecular weight excluding hydrogens is 2100 g/mol. The summed E-state index contributed by atoms with van der Waals surface area (Å²) in [6.07, 6.45) is 32.5. The maximum atomic E-state index is 11.7. The minimum absolute atomic E-state index is 0. The first-order valence-corrected chi connectivity index (χ1v) is 53.7. The van der Waals surface area contributed by atoms with Gasteiger partial charge in [-0.15, -0.1) is 12.4 Å². The Bertz CT molecular complexity index is 4180. The van der Waals surface area contributed by atoms with Crippen molar-refractivity contribution >= 4 is 138 Å². The highest BCUT2D eigenvalue weighted by Gasteiger charge is 2.29. The fourth-order valence-electron chi connectivity index (χ4n) is 12.5. The van der Waals surface area contributed by atoms with Crippen LogP contribution in [0.5, 0.6) is 0 Å². The van der Waals surface area contributed by atoms with Crippen LogP contribution in [0.3, 0.4) is 0 Å². The molecule has 2 aliphatic heterocycles. The monoisotopic (exact) mass is 2270 g/mol. The van der Waals surface area contributed by atoms with E-state index in [0.717, 1.165) is 209 Å². The van der Waals surface area contributed by atoms with Crippen LogP contribution in [-0.4, -0.2) is 148 Å². The second-order valence-corrected chi connectivity index (χ2v) is 41.5. The van der Waals surface area contributed by atoms with Crippen molar-refractivity contribution in [3.63, 3.8) is 0 Å². The number of nitrogens with two attached hydrogens (primary N) is 3. The van der Waals surface area contributed by atoms with E-state index in [4.69, 9.17) is 50.7 Å². The second-order valence-electron chi connectivity index (χ2n) is 37.8. The van der Waals surface area contributed by atoms with Gasteiger partial charge in [0.25, 0.3) is 0 Å². The summed E-state index contributed by atoms with van der Waals surface area (Å²) in [6, 6.07) is 49.4. The van der Waals surface area contributed by atoms with E-state index in [0.29, 0.717) is 38.3 Å². The third kappa shape index (κ3) is 95.1. The van der Waals surface area contributed by atoms with Crippen molar-refractivity contribution < 1.29 is 86.5 Å². The highest BCUT2D eigenvalue weighted by molar-refractivity contribution is 9.11. The number of unbranched alkanes of at least 4 members (excludes halogenated alkanes) is 6. The highest BCUT2D eigenvalue weighted by Crippen LogP contribution is 2.34. The number of carbonyl (C=O) groups excluding carboxylic acids is 7. The maximum Gasteiger partial charge on any atom is 0.519 e. The first kappa shape index (κ1) is 146. The van der Waals surface area contributed by atoms with Gasteiger partial charge in [-0.3, -0.25) is 19.2 Å². The van der Waals surface area contributed by atoms with E-state index in [1.54, 1.807) is 48.5 Å². The Hall–Kier alpha value is -7.55. The number of alkyl carbamates (subject to hydrolysis) is 2. The number of ether oxygens (including phenoxy) is 8. The van der Waals surface area contributed by atoms with Gasteiger partial charge in [-0.2, -0.15) is 0 Å². The van der Waals surface area contributed by atoms with E-state index in [1.807, 2.05) is 120 Å². The third-order valence-electron chi connectivity index (χ3n) is 19.5. The molecule has 24 nitrogen and oxygen atoms in total. The number of primary amides is 1. The number of aliphatic carboxylic acids is 1. The predicted octanol–water partition coefficient (Wildman–Crippen LogP) is 29.4. The Morgan fingerprint density at radius 1 is 0.420 bits per heavy atom. The number of hydrogen-bond acceptors (Lipinski definition) is 20. The standard InChI is InChI=1S/C23H39NO3.C18H29N.C14H20BrNO2.C10H18O5.C9H10BrNO.C9H12BrN.C9H9BrO2.C9H18O.C4H8O2.2C4H8O.B.ClH.H3N/c1-6-8-15-23(26,16-9-7-2)20-14-10-12-19(18-20)13-11-17-24-21(25)27-22(3,4)5;1-3-5-11-17(12-6-4-2)18-13-7-9-16(15-18)10-8-14-19;1-14(2,3)18-13(17)16-9-5-7-11-6-4-8-12(15)10-11;1-9(2,3)14-7(11)13-8(12)15-10(4,5)6;10-8-3-1-2-7(6-8)4-5-9(11)12;10-9-5-1-3-8(7-9)4-2-6-11;10-8-3-1-2-7(6-8)4-5-9(11)12;1-3-5-7-9(10)8-6-4-2;1-3-6-4(2)5;2*1-2-4-5-3-1;;;/h10,12,14,18,26H,6-9,11,13,15-17H2,1-5H3,(H,24,25);7,9,11,13,15H,3-6,8,10,12,14,19H2,1-2H3;4,6,8,10H,5,7,9H2,1-3H3,(H,16,17);1-6H3;1-3,6H,4-5H2,(H2,11,12);1,3,5,7H,2,4,6,11H2;1-3,6H,4-5H2,(H,11,12);3-8H2,1-2H3;3H2,1-2H3;2*1-4H2;;1H;1H3/b;17-11+;;;;;;;;;;;;. The number of rotatable bonds is 40. The van der Waals surface area contributed by atoms with Crippen molar-refractivity contribution in [2.24, 2.45) is 17.2 Å². The molecule has 2 saturated heterocycles. The molecule has 30 heteroatoms. The van der Waals surface area contributed by atoms with Crippen LogP contribution in [0.1, 0.15) is 356 Å². The van der Waals surface area contributed by atoms with E-state index >= 15 is 0 Å². The number of benzene rings is 6.